The Labute approximate surface area is 310 Å². The fourth-order valence-electron chi connectivity index (χ4n) is 4.69. The number of unbranched alkanes of at least 4 members (excludes halogenated alkanes) is 7. The summed E-state index contributed by atoms with van der Waals surface area (Å²) in [6, 6.07) is 0. The van der Waals surface area contributed by atoms with Crippen molar-refractivity contribution in [2.45, 2.75) is 167 Å². The molecule has 0 nitrogen and oxygen atoms in total. The summed E-state index contributed by atoms with van der Waals surface area (Å²) in [6.45, 7) is 3.76. The first-order chi connectivity index (χ1) is 25.4. The molecular formula is C28H27F31. The monoisotopic (exact) mass is 952 g/mol. The largest absolute Gasteiger partial charge is 0.460 e. The molecule has 0 amide bonds. The molecule has 0 atom stereocenters. The Morgan fingerprint density at radius 3 is 0.644 bits per heavy atom. The molecule has 0 heterocycles. The molecule has 0 aromatic heterocycles. The molecule has 0 unspecified atom stereocenters. The van der Waals surface area contributed by atoms with Gasteiger partial charge in [0.05, 0.1) is 0 Å². The summed E-state index contributed by atoms with van der Waals surface area (Å²) in [4.78, 5) is 0. The fourth-order valence-corrected chi connectivity index (χ4v) is 4.69. The lowest BCUT2D eigenvalue weighted by Crippen LogP contribution is -2.79. The second-order valence-corrected chi connectivity index (χ2v) is 13.4. The second-order valence-electron chi connectivity index (χ2n) is 13.4. The van der Waals surface area contributed by atoms with E-state index in [4.69, 9.17) is 0 Å². The molecule has 0 fully saturated rings. The molecule has 59 heavy (non-hydrogen) atoms. The van der Waals surface area contributed by atoms with Crippen LogP contribution in [0.25, 0.3) is 0 Å². The summed E-state index contributed by atoms with van der Waals surface area (Å²) in [5, 5.41) is 0. The molecule has 0 spiro atoms. The van der Waals surface area contributed by atoms with Crippen LogP contribution in [0.5, 0.6) is 0 Å². The van der Waals surface area contributed by atoms with Crippen LogP contribution in [0.15, 0.2) is 0 Å². The molecule has 31 heteroatoms. The van der Waals surface area contributed by atoms with E-state index in [-0.39, 0.29) is 12.8 Å². The van der Waals surface area contributed by atoms with Crippen molar-refractivity contribution in [3.05, 3.63) is 0 Å². The topological polar surface area (TPSA) is 0 Å². The standard InChI is InChI=1S/C28H27F31/c1-13(2)11-9-7-5-3-4-6-8-10-12-14(29,30)15(31,32)16(33,34)17(35,36)18(37,38)19(39,40)20(41,42)21(43,44)22(45,46)23(47,48)24(49,50)25(51,52)26(53,54)27(55,56)28(57,58)59/h13H,3-12H2,1-2H3. The molecule has 0 rings (SSSR count). The first-order valence-electron chi connectivity index (χ1n) is 15.8. The number of hydrogen-bond donors (Lipinski definition) is 0. The van der Waals surface area contributed by atoms with E-state index in [1.54, 1.807) is 0 Å². The van der Waals surface area contributed by atoms with Gasteiger partial charge in [-0.1, -0.05) is 65.2 Å². The summed E-state index contributed by atoms with van der Waals surface area (Å²) >= 11 is 0. The van der Waals surface area contributed by atoms with Crippen molar-refractivity contribution in [1.82, 2.24) is 0 Å². The molecule has 0 saturated carbocycles. The smallest absolute Gasteiger partial charge is 0.200 e. The molecular weight excluding hydrogens is 925 g/mol. The number of hydrogen-bond acceptors (Lipinski definition) is 0. The Hall–Kier alpha value is -2.17. The maximum Gasteiger partial charge on any atom is 0.460 e. The van der Waals surface area contributed by atoms with Gasteiger partial charge in [0.1, 0.15) is 0 Å². The van der Waals surface area contributed by atoms with Crippen molar-refractivity contribution < 1.29 is 136 Å². The van der Waals surface area contributed by atoms with E-state index in [0.29, 0.717) is 25.2 Å². The highest BCUT2D eigenvalue weighted by Gasteiger charge is 3.01. The van der Waals surface area contributed by atoms with E-state index >= 15 is 0 Å². The third-order valence-electron chi connectivity index (χ3n) is 8.57. The average Bonchev–Trinajstić information content (AvgIpc) is 3.03. The third kappa shape index (κ3) is 8.52. The minimum atomic E-state index is -10.1. The Kier molecular flexibility index (Phi) is 15.9. The van der Waals surface area contributed by atoms with Crippen LogP contribution in [0.1, 0.15) is 78.1 Å². The van der Waals surface area contributed by atoms with Crippen molar-refractivity contribution in [2.24, 2.45) is 5.92 Å². The average molecular weight is 952 g/mol. The van der Waals surface area contributed by atoms with Crippen LogP contribution in [0.3, 0.4) is 0 Å². The van der Waals surface area contributed by atoms with Crippen molar-refractivity contribution in [3.63, 3.8) is 0 Å². The maximum atomic E-state index is 14.1. The van der Waals surface area contributed by atoms with Gasteiger partial charge >= 0.3 is 89.1 Å². The van der Waals surface area contributed by atoms with E-state index in [9.17, 15) is 136 Å². The Bertz CT molecular complexity index is 1370. The lowest BCUT2D eigenvalue weighted by atomic mass is 9.83. The zero-order valence-corrected chi connectivity index (χ0v) is 28.9. The maximum absolute atomic E-state index is 14.1. The van der Waals surface area contributed by atoms with Gasteiger partial charge in [-0.2, -0.15) is 136 Å². The minimum Gasteiger partial charge on any atom is -0.200 e. The quantitative estimate of drug-likeness (QED) is 0.0668. The molecule has 0 aliphatic heterocycles. The van der Waals surface area contributed by atoms with E-state index in [1.165, 1.54) is 0 Å². The van der Waals surface area contributed by atoms with Gasteiger partial charge in [0.25, 0.3) is 0 Å². The molecule has 0 saturated heterocycles. The highest BCUT2D eigenvalue weighted by Crippen LogP contribution is 2.69. The van der Waals surface area contributed by atoms with Crippen LogP contribution in [-0.4, -0.2) is 89.1 Å². The highest BCUT2D eigenvalue weighted by molar-refractivity contribution is 5.21. The highest BCUT2D eigenvalue weighted by atomic mass is 19.4. The summed E-state index contributed by atoms with van der Waals surface area (Å²) in [7, 11) is 0. The van der Waals surface area contributed by atoms with Crippen molar-refractivity contribution in [3.8, 4) is 0 Å². The summed E-state index contributed by atoms with van der Waals surface area (Å²) in [5.41, 5.74) is 0. The predicted octanol–water partition coefficient (Wildman–Crippen LogP) is 15.0. The van der Waals surface area contributed by atoms with E-state index in [2.05, 4.69) is 0 Å². The minimum absolute atomic E-state index is 0.115. The zero-order chi connectivity index (χ0) is 48.1. The molecule has 0 aromatic carbocycles. The third-order valence-corrected chi connectivity index (χ3v) is 8.57. The summed E-state index contributed by atoms with van der Waals surface area (Å²) in [5.74, 6) is -130. The summed E-state index contributed by atoms with van der Waals surface area (Å²) in [6.07, 6.45) is -10.3. The van der Waals surface area contributed by atoms with E-state index < -0.39 is 108 Å². The molecule has 356 valence electrons. The number of rotatable bonds is 24. The van der Waals surface area contributed by atoms with Gasteiger partial charge < -0.3 is 0 Å². The molecule has 0 aliphatic carbocycles. The van der Waals surface area contributed by atoms with Crippen LogP contribution >= 0.6 is 0 Å². The van der Waals surface area contributed by atoms with Crippen molar-refractivity contribution >= 4 is 0 Å². The Balaban J connectivity index is 6.88. The second kappa shape index (κ2) is 16.5. The van der Waals surface area contributed by atoms with Gasteiger partial charge in [-0.3, -0.25) is 0 Å². The Morgan fingerprint density at radius 2 is 0.424 bits per heavy atom. The zero-order valence-electron chi connectivity index (χ0n) is 28.9. The molecule has 0 bridgehead atoms. The first-order valence-corrected chi connectivity index (χ1v) is 15.8. The number of halogens is 31. The van der Waals surface area contributed by atoms with Crippen LogP contribution in [0.2, 0.25) is 0 Å². The lowest BCUT2D eigenvalue weighted by molar-refractivity contribution is -0.489. The molecule has 0 N–H and O–H groups in total. The number of alkyl halides is 31. The van der Waals surface area contributed by atoms with Crippen LogP contribution < -0.4 is 0 Å². The van der Waals surface area contributed by atoms with Crippen molar-refractivity contribution in [1.29, 1.82) is 0 Å². The summed E-state index contributed by atoms with van der Waals surface area (Å²) < 4.78 is 424. The molecule has 0 radical (unpaired) electrons. The van der Waals surface area contributed by atoms with Gasteiger partial charge in [0.2, 0.25) is 0 Å². The predicted molar refractivity (Wildman–Crippen MR) is 136 cm³/mol. The SMILES string of the molecule is CC(C)CCCCCCCCCCC(F)(F)C(F)(F)C(F)(F)C(F)(F)C(F)(F)C(F)(F)C(F)(F)C(F)(F)C(F)(F)C(F)(F)C(F)(F)C(F)(F)C(F)(F)C(F)(F)C(F)(F)F. The van der Waals surface area contributed by atoms with Gasteiger partial charge in [0.15, 0.2) is 0 Å². The van der Waals surface area contributed by atoms with Gasteiger partial charge in [-0.05, 0) is 12.3 Å². The van der Waals surface area contributed by atoms with Gasteiger partial charge in [-0.25, -0.2) is 0 Å². The van der Waals surface area contributed by atoms with Crippen LogP contribution in [0, 0.1) is 5.92 Å². The first kappa shape index (κ1) is 56.8. The Morgan fingerprint density at radius 1 is 0.237 bits per heavy atom. The molecule has 0 aromatic rings. The van der Waals surface area contributed by atoms with Crippen LogP contribution in [0.4, 0.5) is 136 Å². The van der Waals surface area contributed by atoms with Gasteiger partial charge in [-0.15, -0.1) is 0 Å². The van der Waals surface area contributed by atoms with Crippen LogP contribution in [-0.2, 0) is 0 Å². The fraction of sp³-hybridized carbons (Fsp3) is 1.00. The van der Waals surface area contributed by atoms with Gasteiger partial charge in [0, 0.05) is 6.42 Å². The van der Waals surface area contributed by atoms with E-state index in [0.717, 1.165) is 12.8 Å². The lowest BCUT2D eigenvalue weighted by Gasteiger charge is -2.46. The molecule has 0 aliphatic rings. The van der Waals surface area contributed by atoms with Crippen molar-refractivity contribution in [2.75, 3.05) is 0 Å². The van der Waals surface area contributed by atoms with E-state index in [1.807, 2.05) is 13.8 Å². The normalized spacial score (nSPS) is 16.4.